The average Bonchev–Trinajstić information content (AvgIpc) is 2.59. The van der Waals surface area contributed by atoms with Gasteiger partial charge in [0.15, 0.2) is 9.84 Å². The van der Waals surface area contributed by atoms with Crippen molar-refractivity contribution < 1.29 is 22.4 Å². The van der Waals surface area contributed by atoms with Crippen molar-refractivity contribution in [3.05, 3.63) is 65.5 Å². The standard InChI is InChI=1S/C17H17FN2O4S/c1-11(2)25(23,24)15-6-4-3-5-14(15)17(22)20-19-16(21)12-7-9-13(18)10-8-12/h3-11H,1-2H3,(H,19,21)(H,20,22). The highest BCUT2D eigenvalue weighted by Crippen LogP contribution is 2.20. The lowest BCUT2D eigenvalue weighted by molar-refractivity contribution is 0.0845. The van der Waals surface area contributed by atoms with Gasteiger partial charge in [-0.1, -0.05) is 12.1 Å². The van der Waals surface area contributed by atoms with E-state index >= 15 is 0 Å². The van der Waals surface area contributed by atoms with Crippen LogP contribution in [0.2, 0.25) is 0 Å². The van der Waals surface area contributed by atoms with Crippen LogP contribution >= 0.6 is 0 Å². The molecule has 0 bridgehead atoms. The molecule has 2 N–H and O–H groups in total. The maximum Gasteiger partial charge on any atom is 0.271 e. The molecule has 0 aliphatic rings. The number of halogens is 1. The number of rotatable bonds is 4. The van der Waals surface area contributed by atoms with Crippen LogP contribution in [0.15, 0.2) is 53.4 Å². The summed E-state index contributed by atoms with van der Waals surface area (Å²) in [7, 11) is -3.66. The maximum atomic E-state index is 12.8. The molecule has 8 heteroatoms. The Bertz CT molecular complexity index is 893. The van der Waals surface area contributed by atoms with E-state index in [1.165, 1.54) is 50.2 Å². The van der Waals surface area contributed by atoms with Crippen LogP contribution in [0.3, 0.4) is 0 Å². The monoisotopic (exact) mass is 364 g/mol. The van der Waals surface area contributed by atoms with E-state index < -0.39 is 32.7 Å². The highest BCUT2D eigenvalue weighted by Gasteiger charge is 2.25. The number of hydrogen-bond acceptors (Lipinski definition) is 4. The van der Waals surface area contributed by atoms with E-state index in [-0.39, 0.29) is 16.0 Å². The van der Waals surface area contributed by atoms with Gasteiger partial charge in [0, 0.05) is 5.56 Å². The normalized spacial score (nSPS) is 11.2. The molecule has 2 aromatic rings. The molecule has 0 saturated heterocycles. The minimum Gasteiger partial charge on any atom is -0.267 e. The van der Waals surface area contributed by atoms with Crippen LogP contribution in [-0.4, -0.2) is 25.5 Å². The first kappa shape index (κ1) is 18.6. The van der Waals surface area contributed by atoms with E-state index in [2.05, 4.69) is 10.9 Å². The molecule has 0 atom stereocenters. The predicted octanol–water partition coefficient (Wildman–Crippen LogP) is 2.08. The molecule has 25 heavy (non-hydrogen) atoms. The van der Waals surface area contributed by atoms with Crippen LogP contribution in [0.4, 0.5) is 4.39 Å². The fourth-order valence-corrected chi connectivity index (χ4v) is 3.25. The molecule has 6 nitrogen and oxygen atoms in total. The molecule has 2 amide bonds. The van der Waals surface area contributed by atoms with Gasteiger partial charge >= 0.3 is 0 Å². The number of sulfone groups is 1. The zero-order valence-corrected chi connectivity index (χ0v) is 14.4. The molecule has 0 spiro atoms. The first-order chi connectivity index (χ1) is 11.7. The summed E-state index contributed by atoms with van der Waals surface area (Å²) in [4.78, 5) is 24.1. The fraction of sp³-hybridized carbons (Fsp3) is 0.176. The van der Waals surface area contributed by atoms with Crippen molar-refractivity contribution in [3.63, 3.8) is 0 Å². The lowest BCUT2D eigenvalue weighted by Gasteiger charge is -2.13. The van der Waals surface area contributed by atoms with Crippen molar-refractivity contribution in [3.8, 4) is 0 Å². The first-order valence-electron chi connectivity index (χ1n) is 7.42. The summed E-state index contributed by atoms with van der Waals surface area (Å²) in [6, 6.07) is 10.5. The van der Waals surface area contributed by atoms with Gasteiger partial charge in [0.05, 0.1) is 15.7 Å². The Labute approximate surface area is 144 Å². The molecule has 0 aromatic heterocycles. The van der Waals surface area contributed by atoms with E-state index in [1.807, 2.05) is 0 Å². The quantitative estimate of drug-likeness (QED) is 0.813. The van der Waals surface area contributed by atoms with Gasteiger partial charge in [0.2, 0.25) is 0 Å². The molecular formula is C17H17FN2O4S. The zero-order chi connectivity index (χ0) is 18.6. The number of hydrogen-bond donors (Lipinski definition) is 2. The molecule has 2 aromatic carbocycles. The highest BCUT2D eigenvalue weighted by molar-refractivity contribution is 7.92. The van der Waals surface area contributed by atoms with Gasteiger partial charge < -0.3 is 0 Å². The number of amides is 2. The third kappa shape index (κ3) is 4.21. The van der Waals surface area contributed by atoms with Crippen LogP contribution < -0.4 is 10.9 Å². The Morgan fingerprint density at radius 2 is 1.48 bits per heavy atom. The van der Waals surface area contributed by atoms with E-state index in [0.717, 1.165) is 12.1 Å². The van der Waals surface area contributed by atoms with Gasteiger partial charge in [-0.15, -0.1) is 0 Å². The molecule has 0 aliphatic heterocycles. The van der Waals surface area contributed by atoms with E-state index in [0.29, 0.717) is 0 Å². The van der Waals surface area contributed by atoms with Gasteiger partial charge in [-0.2, -0.15) is 0 Å². The highest BCUT2D eigenvalue weighted by atomic mass is 32.2. The summed E-state index contributed by atoms with van der Waals surface area (Å²) in [5.41, 5.74) is 4.41. The summed E-state index contributed by atoms with van der Waals surface area (Å²) in [6.45, 7) is 3.03. The van der Waals surface area contributed by atoms with Crippen molar-refractivity contribution in [2.45, 2.75) is 24.0 Å². The lowest BCUT2D eigenvalue weighted by atomic mass is 10.2. The molecule has 0 unspecified atom stereocenters. The van der Waals surface area contributed by atoms with Crippen molar-refractivity contribution >= 4 is 21.7 Å². The second kappa shape index (κ2) is 7.43. The number of hydrazine groups is 1. The van der Waals surface area contributed by atoms with Gasteiger partial charge in [0.1, 0.15) is 5.82 Å². The molecule has 0 heterocycles. The number of nitrogens with one attached hydrogen (secondary N) is 2. The Morgan fingerprint density at radius 1 is 0.920 bits per heavy atom. The summed E-state index contributed by atoms with van der Waals surface area (Å²) in [5, 5.41) is -0.699. The molecule has 0 radical (unpaired) electrons. The van der Waals surface area contributed by atoms with E-state index in [1.54, 1.807) is 0 Å². The van der Waals surface area contributed by atoms with Gasteiger partial charge in [0.25, 0.3) is 11.8 Å². The summed E-state index contributed by atoms with van der Waals surface area (Å²) < 4.78 is 37.5. The predicted molar refractivity (Wildman–Crippen MR) is 90.1 cm³/mol. The third-order valence-electron chi connectivity index (χ3n) is 3.45. The van der Waals surface area contributed by atoms with Crippen molar-refractivity contribution in [1.29, 1.82) is 0 Å². The zero-order valence-electron chi connectivity index (χ0n) is 13.6. The minimum atomic E-state index is -3.66. The van der Waals surface area contributed by atoms with Crippen molar-refractivity contribution in [2.75, 3.05) is 0 Å². The number of carbonyl (C=O) groups is 2. The Balaban J connectivity index is 2.17. The van der Waals surface area contributed by atoms with Crippen LogP contribution in [0, 0.1) is 5.82 Å². The molecule has 2 rings (SSSR count). The molecule has 132 valence electrons. The minimum absolute atomic E-state index is 0.0735. The van der Waals surface area contributed by atoms with Gasteiger partial charge in [-0.3, -0.25) is 20.4 Å². The topological polar surface area (TPSA) is 92.3 Å². The maximum absolute atomic E-state index is 12.8. The second-order valence-corrected chi connectivity index (χ2v) is 7.98. The largest absolute Gasteiger partial charge is 0.271 e. The number of benzene rings is 2. The summed E-state index contributed by atoms with van der Waals surface area (Å²) >= 11 is 0. The lowest BCUT2D eigenvalue weighted by Crippen LogP contribution is -2.42. The Morgan fingerprint density at radius 3 is 2.08 bits per heavy atom. The third-order valence-corrected chi connectivity index (χ3v) is 5.67. The van der Waals surface area contributed by atoms with Crippen LogP contribution in [0.1, 0.15) is 34.6 Å². The van der Waals surface area contributed by atoms with Crippen molar-refractivity contribution in [2.24, 2.45) is 0 Å². The Kier molecular flexibility index (Phi) is 5.53. The second-order valence-electron chi connectivity index (χ2n) is 5.51. The smallest absolute Gasteiger partial charge is 0.267 e. The molecule has 0 saturated carbocycles. The van der Waals surface area contributed by atoms with E-state index in [4.69, 9.17) is 0 Å². The van der Waals surface area contributed by atoms with Crippen LogP contribution in [0.5, 0.6) is 0 Å². The van der Waals surface area contributed by atoms with Crippen molar-refractivity contribution in [1.82, 2.24) is 10.9 Å². The summed E-state index contributed by atoms with van der Waals surface area (Å²) in [5.74, 6) is -1.92. The molecule has 0 fully saturated rings. The van der Waals surface area contributed by atoms with Gasteiger partial charge in [-0.05, 0) is 50.2 Å². The van der Waals surface area contributed by atoms with Crippen LogP contribution in [-0.2, 0) is 9.84 Å². The summed E-state index contributed by atoms with van der Waals surface area (Å²) in [6.07, 6.45) is 0. The van der Waals surface area contributed by atoms with E-state index in [9.17, 15) is 22.4 Å². The average molecular weight is 364 g/mol. The SMILES string of the molecule is CC(C)S(=O)(=O)c1ccccc1C(=O)NNC(=O)c1ccc(F)cc1. The fourth-order valence-electron chi connectivity index (χ4n) is 2.01. The van der Waals surface area contributed by atoms with Gasteiger partial charge in [-0.25, -0.2) is 12.8 Å². The van der Waals surface area contributed by atoms with Crippen LogP contribution in [0.25, 0.3) is 0 Å². The molecule has 0 aliphatic carbocycles. The Hall–Kier alpha value is -2.74. The number of carbonyl (C=O) groups excluding carboxylic acids is 2. The molecular weight excluding hydrogens is 347 g/mol. The first-order valence-corrected chi connectivity index (χ1v) is 8.97.